The van der Waals surface area contributed by atoms with Crippen molar-refractivity contribution in [1.29, 1.82) is 0 Å². The molecule has 1 aromatic carbocycles. The fourth-order valence-electron chi connectivity index (χ4n) is 2.19. The standard InChI is InChI=1S/C16H24N2O3/c1-16(2,3)12-4-5-14(13(17)10-12)21-11-15(19)18-6-8-20-9-7-18/h4-5,10H,6-9,11,17H2,1-3H3. The largest absolute Gasteiger partial charge is 0.482 e. The van der Waals surface area contributed by atoms with Crippen LogP contribution < -0.4 is 10.5 Å². The van der Waals surface area contributed by atoms with Gasteiger partial charge in [-0.05, 0) is 23.1 Å². The van der Waals surface area contributed by atoms with E-state index in [2.05, 4.69) is 20.8 Å². The summed E-state index contributed by atoms with van der Waals surface area (Å²) in [7, 11) is 0. The normalized spacial score (nSPS) is 15.9. The van der Waals surface area contributed by atoms with Gasteiger partial charge >= 0.3 is 0 Å². The van der Waals surface area contributed by atoms with E-state index in [0.29, 0.717) is 37.7 Å². The fourth-order valence-corrected chi connectivity index (χ4v) is 2.19. The summed E-state index contributed by atoms with van der Waals surface area (Å²) in [5.74, 6) is 0.530. The highest BCUT2D eigenvalue weighted by molar-refractivity contribution is 5.78. The Morgan fingerprint density at radius 1 is 1.33 bits per heavy atom. The first-order valence-electron chi connectivity index (χ1n) is 7.26. The number of anilines is 1. The lowest BCUT2D eigenvalue weighted by atomic mass is 9.87. The number of nitrogens with zero attached hydrogens (tertiary/aromatic N) is 1. The maximum absolute atomic E-state index is 12.0. The second kappa shape index (κ2) is 6.35. The zero-order chi connectivity index (χ0) is 15.5. The van der Waals surface area contributed by atoms with Crippen LogP contribution in [0, 0.1) is 0 Å². The molecule has 5 heteroatoms. The van der Waals surface area contributed by atoms with Crippen LogP contribution >= 0.6 is 0 Å². The van der Waals surface area contributed by atoms with Gasteiger partial charge in [0, 0.05) is 13.1 Å². The number of nitrogens with two attached hydrogens (primary N) is 1. The molecule has 5 nitrogen and oxygen atoms in total. The molecule has 0 unspecified atom stereocenters. The third kappa shape index (κ3) is 4.11. The molecule has 1 aromatic rings. The average Bonchev–Trinajstić information content (AvgIpc) is 2.45. The summed E-state index contributed by atoms with van der Waals surface area (Å²) in [5, 5.41) is 0. The van der Waals surface area contributed by atoms with E-state index >= 15 is 0 Å². The van der Waals surface area contributed by atoms with Gasteiger partial charge in [0.25, 0.3) is 5.91 Å². The number of morpholine rings is 1. The van der Waals surface area contributed by atoms with E-state index in [0.717, 1.165) is 5.56 Å². The number of rotatable bonds is 3. The summed E-state index contributed by atoms with van der Waals surface area (Å²) < 4.78 is 10.8. The van der Waals surface area contributed by atoms with Crippen LogP contribution in [0.5, 0.6) is 5.75 Å². The molecule has 2 rings (SSSR count). The molecule has 0 spiro atoms. The number of nitrogen functional groups attached to an aromatic ring is 1. The molecule has 21 heavy (non-hydrogen) atoms. The van der Waals surface area contributed by atoms with Crippen LogP contribution in [-0.4, -0.2) is 43.7 Å². The fraction of sp³-hybridized carbons (Fsp3) is 0.562. The molecule has 0 bridgehead atoms. The number of amides is 1. The quantitative estimate of drug-likeness (QED) is 0.863. The van der Waals surface area contributed by atoms with Crippen molar-refractivity contribution in [3.8, 4) is 5.75 Å². The zero-order valence-electron chi connectivity index (χ0n) is 13.0. The number of hydrogen-bond donors (Lipinski definition) is 1. The first-order chi connectivity index (χ1) is 9.88. The Kier molecular flexibility index (Phi) is 4.73. The summed E-state index contributed by atoms with van der Waals surface area (Å²) in [6.45, 7) is 8.83. The third-order valence-electron chi connectivity index (χ3n) is 3.59. The lowest BCUT2D eigenvalue weighted by Crippen LogP contribution is -2.43. The molecule has 1 fully saturated rings. The van der Waals surface area contributed by atoms with Crippen molar-refractivity contribution >= 4 is 11.6 Å². The van der Waals surface area contributed by atoms with E-state index in [1.165, 1.54) is 0 Å². The number of hydrogen-bond acceptors (Lipinski definition) is 4. The minimum atomic E-state index is -0.0300. The van der Waals surface area contributed by atoms with Crippen molar-refractivity contribution < 1.29 is 14.3 Å². The highest BCUT2D eigenvalue weighted by Gasteiger charge is 2.18. The van der Waals surface area contributed by atoms with Crippen molar-refractivity contribution in [2.45, 2.75) is 26.2 Å². The summed E-state index contributed by atoms with van der Waals surface area (Å²) in [5.41, 5.74) is 7.76. The number of benzene rings is 1. The van der Waals surface area contributed by atoms with E-state index in [-0.39, 0.29) is 17.9 Å². The monoisotopic (exact) mass is 292 g/mol. The van der Waals surface area contributed by atoms with Gasteiger partial charge in [0.1, 0.15) is 5.75 Å². The molecule has 0 aromatic heterocycles. The molecule has 0 atom stereocenters. The van der Waals surface area contributed by atoms with Gasteiger partial charge in [0.15, 0.2) is 6.61 Å². The lowest BCUT2D eigenvalue weighted by Gasteiger charge is -2.27. The second-order valence-electron chi connectivity index (χ2n) is 6.28. The topological polar surface area (TPSA) is 64.8 Å². The van der Waals surface area contributed by atoms with Gasteiger partial charge in [-0.3, -0.25) is 4.79 Å². The number of carbonyl (C=O) groups is 1. The van der Waals surface area contributed by atoms with E-state index < -0.39 is 0 Å². The zero-order valence-corrected chi connectivity index (χ0v) is 13.0. The molecule has 1 aliphatic rings. The first-order valence-corrected chi connectivity index (χ1v) is 7.26. The van der Waals surface area contributed by atoms with Gasteiger partial charge in [-0.1, -0.05) is 26.8 Å². The summed E-state index contributed by atoms with van der Waals surface area (Å²) in [4.78, 5) is 13.8. The van der Waals surface area contributed by atoms with Crippen LogP contribution in [0.3, 0.4) is 0 Å². The maximum atomic E-state index is 12.0. The Hall–Kier alpha value is -1.75. The minimum Gasteiger partial charge on any atom is -0.482 e. The van der Waals surface area contributed by atoms with Gasteiger partial charge in [0.2, 0.25) is 0 Å². The average molecular weight is 292 g/mol. The van der Waals surface area contributed by atoms with Crippen LogP contribution in [0.1, 0.15) is 26.3 Å². The SMILES string of the molecule is CC(C)(C)c1ccc(OCC(=O)N2CCOCC2)c(N)c1. The predicted octanol–water partition coefficient (Wildman–Crippen LogP) is 1.80. The Bertz CT molecular complexity index is 503. The Balaban J connectivity index is 1.95. The Morgan fingerprint density at radius 3 is 2.57 bits per heavy atom. The second-order valence-corrected chi connectivity index (χ2v) is 6.28. The van der Waals surface area contributed by atoms with Gasteiger partial charge in [-0.15, -0.1) is 0 Å². The molecular formula is C16H24N2O3. The molecule has 2 N–H and O–H groups in total. The van der Waals surface area contributed by atoms with Gasteiger partial charge in [-0.25, -0.2) is 0 Å². The molecule has 1 saturated heterocycles. The van der Waals surface area contributed by atoms with Gasteiger partial charge < -0.3 is 20.1 Å². The van der Waals surface area contributed by atoms with Crippen molar-refractivity contribution in [2.75, 3.05) is 38.6 Å². The van der Waals surface area contributed by atoms with Crippen LogP contribution in [0.2, 0.25) is 0 Å². The molecule has 1 amide bonds. The van der Waals surface area contributed by atoms with Crippen molar-refractivity contribution in [1.82, 2.24) is 4.90 Å². The van der Waals surface area contributed by atoms with Crippen LogP contribution in [0.4, 0.5) is 5.69 Å². The van der Waals surface area contributed by atoms with Crippen molar-refractivity contribution in [2.24, 2.45) is 0 Å². The molecule has 0 radical (unpaired) electrons. The van der Waals surface area contributed by atoms with Crippen molar-refractivity contribution in [3.05, 3.63) is 23.8 Å². The molecule has 0 aliphatic carbocycles. The highest BCUT2D eigenvalue weighted by atomic mass is 16.5. The molecule has 0 saturated carbocycles. The van der Waals surface area contributed by atoms with E-state index in [1.54, 1.807) is 4.90 Å². The smallest absolute Gasteiger partial charge is 0.260 e. The molecular weight excluding hydrogens is 268 g/mol. The highest BCUT2D eigenvalue weighted by Crippen LogP contribution is 2.29. The van der Waals surface area contributed by atoms with Crippen LogP contribution in [0.15, 0.2) is 18.2 Å². The number of ether oxygens (including phenoxy) is 2. The number of carbonyl (C=O) groups excluding carboxylic acids is 1. The first kappa shape index (κ1) is 15.6. The third-order valence-corrected chi connectivity index (χ3v) is 3.59. The van der Waals surface area contributed by atoms with Gasteiger partial charge in [0.05, 0.1) is 18.9 Å². The Morgan fingerprint density at radius 2 is 2.00 bits per heavy atom. The minimum absolute atomic E-state index is 0.0130. The molecule has 1 aliphatic heterocycles. The van der Waals surface area contributed by atoms with Crippen LogP contribution in [0.25, 0.3) is 0 Å². The van der Waals surface area contributed by atoms with Crippen molar-refractivity contribution in [3.63, 3.8) is 0 Å². The van der Waals surface area contributed by atoms with E-state index in [1.807, 2.05) is 18.2 Å². The van der Waals surface area contributed by atoms with E-state index in [9.17, 15) is 4.79 Å². The summed E-state index contributed by atoms with van der Waals surface area (Å²) in [6, 6.07) is 5.74. The molecule has 116 valence electrons. The predicted molar refractivity (Wildman–Crippen MR) is 82.4 cm³/mol. The lowest BCUT2D eigenvalue weighted by molar-refractivity contribution is -0.137. The van der Waals surface area contributed by atoms with Crippen LogP contribution in [-0.2, 0) is 14.9 Å². The summed E-state index contributed by atoms with van der Waals surface area (Å²) >= 11 is 0. The molecule has 1 heterocycles. The van der Waals surface area contributed by atoms with E-state index in [4.69, 9.17) is 15.2 Å². The Labute approximate surface area is 126 Å². The van der Waals surface area contributed by atoms with Gasteiger partial charge in [-0.2, -0.15) is 0 Å². The summed E-state index contributed by atoms with van der Waals surface area (Å²) in [6.07, 6.45) is 0. The maximum Gasteiger partial charge on any atom is 0.260 e.